The van der Waals surface area contributed by atoms with Crippen LogP contribution in [-0.2, 0) is 19.1 Å². The van der Waals surface area contributed by atoms with Crippen LogP contribution < -0.4 is 0 Å². The number of hydrogen-bond acceptors (Lipinski definition) is 5. The van der Waals surface area contributed by atoms with E-state index in [4.69, 9.17) is 5.26 Å². The summed E-state index contributed by atoms with van der Waals surface area (Å²) in [5.74, 6) is -1.61. The molecule has 5 heteroatoms. The highest BCUT2D eigenvalue weighted by atomic mass is 16.5. The van der Waals surface area contributed by atoms with Gasteiger partial charge >= 0.3 is 11.9 Å². The molecule has 0 bridgehead atoms. The summed E-state index contributed by atoms with van der Waals surface area (Å²) in [7, 11) is 2.29. The maximum atomic E-state index is 10.9. The van der Waals surface area contributed by atoms with Crippen molar-refractivity contribution >= 4 is 11.9 Å². The lowest BCUT2D eigenvalue weighted by Crippen LogP contribution is -2.15. The average molecular weight is 183 g/mol. The minimum Gasteiger partial charge on any atom is -0.465 e. The molecule has 0 unspecified atom stereocenters. The standard InChI is InChI=1S/C8H9NO4/c1-12-7(10)6(4-3-5-9)8(11)13-2/h4H,3H2,1-2H3. The summed E-state index contributed by atoms with van der Waals surface area (Å²) in [4.78, 5) is 21.8. The normalized spacial score (nSPS) is 8.08. The Bertz CT molecular complexity index is 256. The zero-order chi connectivity index (χ0) is 10.3. The molecule has 0 aliphatic heterocycles. The molecular formula is C8H9NO4. The van der Waals surface area contributed by atoms with Crippen molar-refractivity contribution < 1.29 is 19.1 Å². The number of carbonyl (C=O) groups excluding carboxylic acids is 2. The van der Waals surface area contributed by atoms with Crippen LogP contribution in [0.5, 0.6) is 0 Å². The number of esters is 2. The van der Waals surface area contributed by atoms with Gasteiger partial charge in [-0.05, 0) is 6.08 Å². The zero-order valence-electron chi connectivity index (χ0n) is 7.36. The van der Waals surface area contributed by atoms with Gasteiger partial charge < -0.3 is 9.47 Å². The molecule has 0 radical (unpaired) electrons. The van der Waals surface area contributed by atoms with Gasteiger partial charge in [-0.2, -0.15) is 5.26 Å². The third-order valence-corrected chi connectivity index (χ3v) is 1.21. The van der Waals surface area contributed by atoms with Gasteiger partial charge in [0.2, 0.25) is 0 Å². The van der Waals surface area contributed by atoms with Crippen LogP contribution in [-0.4, -0.2) is 26.2 Å². The minimum absolute atomic E-state index is 0.0421. The van der Waals surface area contributed by atoms with E-state index < -0.39 is 11.9 Å². The van der Waals surface area contributed by atoms with Crippen molar-refractivity contribution in [3.8, 4) is 6.07 Å². The molecule has 0 aromatic heterocycles. The van der Waals surface area contributed by atoms with E-state index in [1.165, 1.54) is 0 Å². The van der Waals surface area contributed by atoms with Crippen LogP contribution in [0.25, 0.3) is 0 Å². The first-order valence-electron chi connectivity index (χ1n) is 3.41. The Hall–Kier alpha value is -1.83. The van der Waals surface area contributed by atoms with E-state index in [9.17, 15) is 9.59 Å². The van der Waals surface area contributed by atoms with Gasteiger partial charge in [-0.15, -0.1) is 0 Å². The molecule has 0 aliphatic rings. The summed E-state index contributed by atoms with van der Waals surface area (Å²) in [6, 6.07) is 1.76. The summed E-state index contributed by atoms with van der Waals surface area (Å²) in [5.41, 5.74) is -0.258. The largest absolute Gasteiger partial charge is 0.465 e. The van der Waals surface area contributed by atoms with Gasteiger partial charge in [-0.1, -0.05) is 0 Å². The second-order valence-corrected chi connectivity index (χ2v) is 1.96. The Morgan fingerprint density at radius 1 is 1.31 bits per heavy atom. The summed E-state index contributed by atoms with van der Waals surface area (Å²) in [5, 5.41) is 8.23. The zero-order valence-corrected chi connectivity index (χ0v) is 7.36. The highest BCUT2D eigenvalue weighted by molar-refractivity contribution is 6.13. The van der Waals surface area contributed by atoms with Crippen LogP contribution in [0.4, 0.5) is 0 Å². The number of nitriles is 1. The Kier molecular flexibility index (Phi) is 4.96. The Morgan fingerprint density at radius 3 is 2.08 bits per heavy atom. The smallest absolute Gasteiger partial charge is 0.344 e. The van der Waals surface area contributed by atoms with Crippen molar-refractivity contribution in [2.45, 2.75) is 6.42 Å². The van der Waals surface area contributed by atoms with Gasteiger partial charge in [-0.3, -0.25) is 0 Å². The molecule has 0 amide bonds. The maximum Gasteiger partial charge on any atom is 0.344 e. The van der Waals surface area contributed by atoms with Crippen molar-refractivity contribution in [1.29, 1.82) is 5.26 Å². The SMILES string of the molecule is COC(=O)C(=CCC#N)C(=O)OC. The molecule has 0 aliphatic carbocycles. The number of hydrogen-bond donors (Lipinski definition) is 0. The molecule has 0 spiro atoms. The summed E-state index contributed by atoms with van der Waals surface area (Å²) in [6.07, 6.45) is 1.12. The van der Waals surface area contributed by atoms with E-state index in [2.05, 4.69) is 9.47 Å². The first-order chi connectivity index (χ1) is 6.17. The maximum absolute atomic E-state index is 10.9. The molecule has 5 nitrogen and oxygen atoms in total. The van der Waals surface area contributed by atoms with E-state index >= 15 is 0 Å². The van der Waals surface area contributed by atoms with Gasteiger partial charge in [0.1, 0.15) is 5.57 Å². The van der Waals surface area contributed by atoms with Crippen molar-refractivity contribution in [1.82, 2.24) is 0 Å². The van der Waals surface area contributed by atoms with Gasteiger partial charge in [0.15, 0.2) is 0 Å². The van der Waals surface area contributed by atoms with Crippen molar-refractivity contribution in [3.63, 3.8) is 0 Å². The van der Waals surface area contributed by atoms with E-state index in [0.717, 1.165) is 20.3 Å². The Morgan fingerprint density at radius 2 is 1.77 bits per heavy atom. The predicted molar refractivity (Wildman–Crippen MR) is 42.3 cm³/mol. The molecule has 0 saturated heterocycles. The fraction of sp³-hybridized carbons (Fsp3) is 0.375. The van der Waals surface area contributed by atoms with Crippen molar-refractivity contribution in [2.75, 3.05) is 14.2 Å². The lowest BCUT2D eigenvalue weighted by atomic mass is 10.2. The first-order valence-corrected chi connectivity index (χ1v) is 3.41. The lowest BCUT2D eigenvalue weighted by molar-refractivity contribution is -0.144. The van der Waals surface area contributed by atoms with E-state index in [0.29, 0.717) is 0 Å². The number of allylic oxidation sites excluding steroid dienone is 1. The third-order valence-electron chi connectivity index (χ3n) is 1.21. The van der Waals surface area contributed by atoms with Crippen LogP contribution >= 0.6 is 0 Å². The molecule has 0 aromatic rings. The topological polar surface area (TPSA) is 76.4 Å². The molecule has 70 valence electrons. The molecule has 0 aromatic carbocycles. The molecule has 0 N–H and O–H groups in total. The second kappa shape index (κ2) is 5.77. The lowest BCUT2D eigenvalue weighted by Gasteiger charge is -2.01. The van der Waals surface area contributed by atoms with Gasteiger partial charge in [0.05, 0.1) is 26.7 Å². The number of ether oxygens (including phenoxy) is 2. The number of rotatable bonds is 3. The highest BCUT2D eigenvalue weighted by Crippen LogP contribution is 2.01. The molecular weight excluding hydrogens is 174 g/mol. The van der Waals surface area contributed by atoms with E-state index in [-0.39, 0.29) is 12.0 Å². The number of nitrogens with zero attached hydrogens (tertiary/aromatic N) is 1. The van der Waals surface area contributed by atoms with Crippen LogP contribution in [0, 0.1) is 11.3 Å². The molecule has 0 atom stereocenters. The van der Waals surface area contributed by atoms with Gasteiger partial charge in [-0.25, -0.2) is 9.59 Å². The van der Waals surface area contributed by atoms with Crippen LogP contribution in [0.15, 0.2) is 11.6 Å². The van der Waals surface area contributed by atoms with Crippen LogP contribution in [0.2, 0.25) is 0 Å². The third kappa shape index (κ3) is 3.38. The average Bonchev–Trinajstić information content (AvgIpc) is 2.17. The highest BCUT2D eigenvalue weighted by Gasteiger charge is 2.18. The van der Waals surface area contributed by atoms with E-state index in [1.54, 1.807) is 6.07 Å². The Labute approximate surface area is 75.5 Å². The predicted octanol–water partition coefficient (Wildman–Crippen LogP) is 0.172. The minimum atomic E-state index is -0.804. The van der Waals surface area contributed by atoms with Gasteiger partial charge in [0, 0.05) is 0 Å². The fourth-order valence-corrected chi connectivity index (χ4v) is 0.618. The Balaban J connectivity index is 4.66. The molecule has 13 heavy (non-hydrogen) atoms. The molecule has 0 fully saturated rings. The van der Waals surface area contributed by atoms with Gasteiger partial charge in [0.25, 0.3) is 0 Å². The van der Waals surface area contributed by atoms with Crippen molar-refractivity contribution in [3.05, 3.63) is 11.6 Å². The first kappa shape index (κ1) is 11.2. The number of carbonyl (C=O) groups is 2. The quantitative estimate of drug-likeness (QED) is 0.270. The number of methoxy groups -OCH3 is 2. The van der Waals surface area contributed by atoms with Crippen LogP contribution in [0.1, 0.15) is 6.42 Å². The summed E-state index contributed by atoms with van der Waals surface area (Å²) < 4.78 is 8.63. The van der Waals surface area contributed by atoms with Crippen molar-refractivity contribution in [2.24, 2.45) is 0 Å². The summed E-state index contributed by atoms with van der Waals surface area (Å²) >= 11 is 0. The molecule has 0 heterocycles. The molecule has 0 saturated carbocycles. The van der Waals surface area contributed by atoms with E-state index in [1.807, 2.05) is 0 Å². The summed E-state index contributed by atoms with van der Waals surface area (Å²) in [6.45, 7) is 0. The molecule has 0 rings (SSSR count). The second-order valence-electron chi connectivity index (χ2n) is 1.96. The fourth-order valence-electron chi connectivity index (χ4n) is 0.618. The monoisotopic (exact) mass is 183 g/mol. The van der Waals surface area contributed by atoms with Crippen LogP contribution in [0.3, 0.4) is 0 Å².